The summed E-state index contributed by atoms with van der Waals surface area (Å²) in [6, 6.07) is 9.88. The van der Waals surface area contributed by atoms with Crippen molar-refractivity contribution in [3.63, 3.8) is 0 Å². The van der Waals surface area contributed by atoms with Crippen molar-refractivity contribution < 1.29 is 0 Å². The van der Waals surface area contributed by atoms with Crippen LogP contribution in [0.15, 0.2) is 18.2 Å². The van der Waals surface area contributed by atoms with Gasteiger partial charge in [0.2, 0.25) is 0 Å². The Morgan fingerprint density at radius 1 is 1.33 bits per heavy atom. The third-order valence-electron chi connectivity index (χ3n) is 3.75. The molecule has 1 aromatic rings. The van der Waals surface area contributed by atoms with E-state index < -0.39 is 0 Å². The Kier molecular flexibility index (Phi) is 4.51. The van der Waals surface area contributed by atoms with Gasteiger partial charge in [-0.3, -0.25) is 0 Å². The molecule has 1 fully saturated rings. The molecule has 0 spiro atoms. The number of hydrogen-bond donors (Lipinski definition) is 1. The van der Waals surface area contributed by atoms with E-state index in [1.54, 1.807) is 0 Å². The molecule has 0 aliphatic heterocycles. The SMILES string of the molecule is CC(C)CN(c1ccc[c]c1N)C1CCCCC1. The first-order valence-corrected chi connectivity index (χ1v) is 7.21. The maximum Gasteiger partial charge on any atom is 0.0632 e. The zero-order chi connectivity index (χ0) is 13.0. The van der Waals surface area contributed by atoms with E-state index in [1.165, 1.54) is 37.8 Å². The largest absolute Gasteiger partial charge is 0.397 e. The quantitative estimate of drug-likeness (QED) is 0.816. The third kappa shape index (κ3) is 3.18. The van der Waals surface area contributed by atoms with Crippen LogP contribution in [0.3, 0.4) is 0 Å². The highest BCUT2D eigenvalue weighted by Gasteiger charge is 2.23. The van der Waals surface area contributed by atoms with Crippen molar-refractivity contribution in [3.05, 3.63) is 24.3 Å². The summed E-state index contributed by atoms with van der Waals surface area (Å²) < 4.78 is 0. The molecule has 0 aromatic heterocycles. The molecular formula is C16H25N2. The van der Waals surface area contributed by atoms with Crippen molar-refractivity contribution in [2.45, 2.75) is 52.0 Å². The minimum Gasteiger partial charge on any atom is -0.397 e. The summed E-state index contributed by atoms with van der Waals surface area (Å²) in [5, 5.41) is 0. The van der Waals surface area contributed by atoms with E-state index >= 15 is 0 Å². The molecule has 2 rings (SSSR count). The van der Waals surface area contributed by atoms with Gasteiger partial charge in [0, 0.05) is 18.7 Å². The Balaban J connectivity index is 2.21. The predicted octanol–water partition coefficient (Wildman–Crippen LogP) is 3.86. The monoisotopic (exact) mass is 245 g/mol. The van der Waals surface area contributed by atoms with Crippen LogP contribution in [0.2, 0.25) is 0 Å². The third-order valence-corrected chi connectivity index (χ3v) is 3.75. The van der Waals surface area contributed by atoms with Gasteiger partial charge in [-0.25, -0.2) is 0 Å². The van der Waals surface area contributed by atoms with Crippen molar-refractivity contribution in [1.29, 1.82) is 0 Å². The van der Waals surface area contributed by atoms with Crippen LogP contribution in [-0.2, 0) is 0 Å². The van der Waals surface area contributed by atoms with Crippen LogP contribution in [0.4, 0.5) is 11.4 Å². The Bertz CT molecular complexity index is 367. The van der Waals surface area contributed by atoms with Crippen LogP contribution >= 0.6 is 0 Å². The van der Waals surface area contributed by atoms with Gasteiger partial charge in [-0.2, -0.15) is 0 Å². The van der Waals surface area contributed by atoms with Crippen molar-refractivity contribution >= 4 is 11.4 Å². The topological polar surface area (TPSA) is 29.3 Å². The molecule has 18 heavy (non-hydrogen) atoms. The molecule has 99 valence electrons. The lowest BCUT2D eigenvalue weighted by Gasteiger charge is -2.38. The molecule has 1 aliphatic rings. The second-order valence-electron chi connectivity index (χ2n) is 5.81. The summed E-state index contributed by atoms with van der Waals surface area (Å²) in [7, 11) is 0. The summed E-state index contributed by atoms with van der Waals surface area (Å²) >= 11 is 0. The highest BCUT2D eigenvalue weighted by atomic mass is 15.2. The van der Waals surface area contributed by atoms with Crippen LogP contribution in [0.1, 0.15) is 46.0 Å². The zero-order valence-corrected chi connectivity index (χ0v) is 11.7. The van der Waals surface area contributed by atoms with E-state index in [0.29, 0.717) is 12.0 Å². The van der Waals surface area contributed by atoms with Gasteiger partial charge in [-0.15, -0.1) is 0 Å². The number of anilines is 2. The molecule has 2 N–H and O–H groups in total. The number of benzene rings is 1. The Morgan fingerprint density at radius 3 is 2.67 bits per heavy atom. The van der Waals surface area contributed by atoms with Gasteiger partial charge >= 0.3 is 0 Å². The smallest absolute Gasteiger partial charge is 0.0632 e. The van der Waals surface area contributed by atoms with E-state index in [4.69, 9.17) is 5.73 Å². The van der Waals surface area contributed by atoms with Gasteiger partial charge in [0.05, 0.1) is 11.4 Å². The fourth-order valence-electron chi connectivity index (χ4n) is 2.92. The van der Waals surface area contributed by atoms with Gasteiger partial charge in [0.25, 0.3) is 0 Å². The Hall–Kier alpha value is -1.18. The van der Waals surface area contributed by atoms with Crippen LogP contribution < -0.4 is 10.6 Å². The van der Waals surface area contributed by atoms with Gasteiger partial charge in [0.1, 0.15) is 0 Å². The first-order chi connectivity index (χ1) is 8.68. The summed E-state index contributed by atoms with van der Waals surface area (Å²) in [5.74, 6) is 0.659. The van der Waals surface area contributed by atoms with Crippen molar-refractivity contribution in [2.75, 3.05) is 17.2 Å². The maximum atomic E-state index is 6.11. The van der Waals surface area contributed by atoms with Gasteiger partial charge in [-0.05, 0) is 24.8 Å². The summed E-state index contributed by atoms with van der Waals surface area (Å²) in [4.78, 5) is 2.52. The normalized spacial score (nSPS) is 17.1. The number of para-hydroxylation sites is 1. The molecule has 1 saturated carbocycles. The minimum absolute atomic E-state index is 0.659. The highest BCUT2D eigenvalue weighted by molar-refractivity contribution is 5.67. The molecule has 0 amide bonds. The van der Waals surface area contributed by atoms with Crippen LogP contribution in [0, 0.1) is 12.0 Å². The van der Waals surface area contributed by atoms with Crippen LogP contribution in [0.5, 0.6) is 0 Å². The summed E-state index contributed by atoms with van der Waals surface area (Å²) in [6.07, 6.45) is 6.72. The van der Waals surface area contributed by atoms with E-state index in [1.807, 2.05) is 12.1 Å². The van der Waals surface area contributed by atoms with Crippen molar-refractivity contribution in [3.8, 4) is 0 Å². The Morgan fingerprint density at radius 2 is 2.06 bits per heavy atom. The minimum atomic E-state index is 0.659. The van der Waals surface area contributed by atoms with E-state index in [-0.39, 0.29) is 0 Å². The first-order valence-electron chi connectivity index (χ1n) is 7.21. The maximum absolute atomic E-state index is 6.11. The van der Waals surface area contributed by atoms with Crippen LogP contribution in [-0.4, -0.2) is 12.6 Å². The van der Waals surface area contributed by atoms with E-state index in [9.17, 15) is 0 Å². The fraction of sp³-hybridized carbons (Fsp3) is 0.625. The van der Waals surface area contributed by atoms with Crippen molar-refractivity contribution in [1.82, 2.24) is 0 Å². The number of rotatable bonds is 4. The van der Waals surface area contributed by atoms with E-state index in [2.05, 4.69) is 30.9 Å². The lowest BCUT2D eigenvalue weighted by Crippen LogP contribution is -2.39. The molecule has 2 heteroatoms. The fourth-order valence-corrected chi connectivity index (χ4v) is 2.92. The summed E-state index contributed by atoms with van der Waals surface area (Å²) in [5.41, 5.74) is 8.08. The second kappa shape index (κ2) is 6.12. The number of nitrogen functional groups attached to an aromatic ring is 1. The molecule has 0 heterocycles. The number of nitrogens with zero attached hydrogens (tertiary/aromatic N) is 1. The van der Waals surface area contributed by atoms with Crippen LogP contribution in [0.25, 0.3) is 0 Å². The molecule has 1 radical (unpaired) electrons. The Labute approximate surface area is 111 Å². The van der Waals surface area contributed by atoms with Gasteiger partial charge in [-0.1, -0.05) is 45.2 Å². The molecule has 2 nitrogen and oxygen atoms in total. The average Bonchev–Trinajstić information content (AvgIpc) is 2.38. The standard InChI is InChI=1S/C16H25N2/c1-13(2)12-18(14-8-4-3-5-9-14)16-11-7-6-10-15(16)17/h6-7,11,13-14H,3-5,8-9,12,17H2,1-2H3. The lowest BCUT2D eigenvalue weighted by molar-refractivity contribution is 0.401. The molecule has 1 aromatic carbocycles. The summed E-state index contributed by atoms with van der Waals surface area (Å²) in [6.45, 7) is 5.64. The zero-order valence-electron chi connectivity index (χ0n) is 11.7. The highest BCUT2D eigenvalue weighted by Crippen LogP contribution is 2.31. The van der Waals surface area contributed by atoms with E-state index in [0.717, 1.165) is 12.2 Å². The number of hydrogen-bond acceptors (Lipinski definition) is 2. The predicted molar refractivity (Wildman–Crippen MR) is 78.7 cm³/mol. The molecule has 0 atom stereocenters. The molecule has 0 bridgehead atoms. The average molecular weight is 245 g/mol. The van der Waals surface area contributed by atoms with Gasteiger partial charge in [0.15, 0.2) is 0 Å². The molecule has 0 saturated heterocycles. The van der Waals surface area contributed by atoms with Gasteiger partial charge < -0.3 is 10.6 Å². The van der Waals surface area contributed by atoms with Crippen molar-refractivity contribution in [2.24, 2.45) is 5.92 Å². The first kappa shape index (κ1) is 13.3. The molecule has 1 aliphatic carbocycles. The molecule has 0 unspecified atom stereocenters. The lowest BCUT2D eigenvalue weighted by atomic mass is 9.93. The molecular weight excluding hydrogens is 220 g/mol. The second-order valence-corrected chi connectivity index (χ2v) is 5.81. The number of nitrogens with two attached hydrogens (primary N) is 1.